The van der Waals surface area contributed by atoms with Crippen molar-refractivity contribution >= 4 is 17.8 Å². The van der Waals surface area contributed by atoms with Gasteiger partial charge in [-0.05, 0) is 38.2 Å². The van der Waals surface area contributed by atoms with Crippen molar-refractivity contribution < 1.29 is 24.6 Å². The first-order valence-electron chi connectivity index (χ1n) is 8.37. The zero-order valence-electron chi connectivity index (χ0n) is 14.3. The maximum atomic E-state index is 12.6. The SMILES string of the molecule is CC1(NC(CCc2ccccc2)C(=O)O)CCCN(CC(=O)O)C1=O. The number of carbonyl (C=O) groups excluding carboxylic acids is 1. The highest BCUT2D eigenvalue weighted by Gasteiger charge is 2.42. The predicted octanol–water partition coefficient (Wildman–Crippen LogP) is 1.13. The molecule has 0 saturated carbocycles. The van der Waals surface area contributed by atoms with Crippen LogP contribution in [0, 0.1) is 0 Å². The number of carboxylic acids is 2. The fourth-order valence-corrected chi connectivity index (χ4v) is 3.23. The molecule has 1 saturated heterocycles. The first-order chi connectivity index (χ1) is 11.8. The minimum atomic E-state index is -1.07. The second-order valence-corrected chi connectivity index (χ2v) is 6.62. The van der Waals surface area contributed by atoms with E-state index >= 15 is 0 Å². The molecule has 1 aliphatic rings. The number of aliphatic carboxylic acids is 2. The summed E-state index contributed by atoms with van der Waals surface area (Å²) in [6.07, 6.45) is 2.04. The minimum Gasteiger partial charge on any atom is -0.480 e. The van der Waals surface area contributed by atoms with E-state index in [4.69, 9.17) is 5.11 Å². The Labute approximate surface area is 146 Å². The minimum absolute atomic E-state index is 0.348. The van der Waals surface area contributed by atoms with Crippen molar-refractivity contribution in [3.05, 3.63) is 35.9 Å². The monoisotopic (exact) mass is 348 g/mol. The number of carbonyl (C=O) groups is 3. The molecule has 25 heavy (non-hydrogen) atoms. The standard InChI is InChI=1S/C18H24N2O5/c1-18(10-5-11-20(17(18)25)12-15(21)22)19-14(16(23)24)9-8-13-6-3-2-4-7-13/h2-4,6-7,14,19H,5,8-12H2,1H3,(H,21,22)(H,23,24). The normalized spacial score (nSPS) is 21.8. The molecule has 0 bridgehead atoms. The molecule has 1 aromatic rings. The fraction of sp³-hybridized carbons (Fsp3) is 0.500. The van der Waals surface area contributed by atoms with Gasteiger partial charge in [0.2, 0.25) is 5.91 Å². The van der Waals surface area contributed by atoms with Crippen LogP contribution in [0.5, 0.6) is 0 Å². The lowest BCUT2D eigenvalue weighted by Gasteiger charge is -2.40. The van der Waals surface area contributed by atoms with E-state index in [1.165, 1.54) is 4.90 Å². The molecule has 136 valence electrons. The molecule has 1 heterocycles. The Bertz CT molecular complexity index is 634. The number of hydrogen-bond acceptors (Lipinski definition) is 4. The summed E-state index contributed by atoms with van der Waals surface area (Å²) in [5.74, 6) is -2.44. The third kappa shape index (κ3) is 5.03. The van der Waals surface area contributed by atoms with Crippen LogP contribution in [-0.4, -0.2) is 57.6 Å². The topological polar surface area (TPSA) is 107 Å². The van der Waals surface area contributed by atoms with Gasteiger partial charge < -0.3 is 15.1 Å². The largest absolute Gasteiger partial charge is 0.480 e. The van der Waals surface area contributed by atoms with Crippen LogP contribution >= 0.6 is 0 Å². The van der Waals surface area contributed by atoms with Crippen LogP contribution in [0.2, 0.25) is 0 Å². The highest BCUT2D eigenvalue weighted by molar-refractivity contribution is 5.90. The molecule has 1 aliphatic heterocycles. The summed E-state index contributed by atoms with van der Waals surface area (Å²) in [7, 11) is 0. The maximum Gasteiger partial charge on any atom is 0.323 e. The molecule has 2 unspecified atom stereocenters. The molecule has 0 aliphatic carbocycles. The lowest BCUT2D eigenvalue weighted by molar-refractivity contribution is -0.151. The van der Waals surface area contributed by atoms with Gasteiger partial charge in [0.15, 0.2) is 0 Å². The number of benzene rings is 1. The van der Waals surface area contributed by atoms with E-state index in [9.17, 15) is 19.5 Å². The molecular weight excluding hydrogens is 324 g/mol. The van der Waals surface area contributed by atoms with Crippen molar-refractivity contribution in [1.82, 2.24) is 10.2 Å². The predicted molar refractivity (Wildman–Crippen MR) is 91.2 cm³/mol. The summed E-state index contributed by atoms with van der Waals surface area (Å²) in [5.41, 5.74) is -0.0313. The second-order valence-electron chi connectivity index (χ2n) is 6.62. The van der Waals surface area contributed by atoms with Gasteiger partial charge in [0, 0.05) is 6.54 Å². The summed E-state index contributed by atoms with van der Waals surface area (Å²) in [4.78, 5) is 36.4. The zero-order valence-corrected chi connectivity index (χ0v) is 14.3. The van der Waals surface area contributed by atoms with Crippen LogP contribution in [0.3, 0.4) is 0 Å². The van der Waals surface area contributed by atoms with Crippen molar-refractivity contribution in [3.63, 3.8) is 0 Å². The zero-order chi connectivity index (χ0) is 18.4. The van der Waals surface area contributed by atoms with E-state index in [-0.39, 0.29) is 12.5 Å². The van der Waals surface area contributed by atoms with Crippen molar-refractivity contribution in [2.24, 2.45) is 0 Å². The Kier molecular flexibility index (Phi) is 6.14. The Hall–Kier alpha value is -2.41. The summed E-state index contributed by atoms with van der Waals surface area (Å²) in [6, 6.07) is 8.68. The lowest BCUT2D eigenvalue weighted by Crippen LogP contribution is -2.63. The molecule has 0 spiro atoms. The van der Waals surface area contributed by atoms with Gasteiger partial charge in [-0.1, -0.05) is 30.3 Å². The Morgan fingerprint density at radius 1 is 1.28 bits per heavy atom. The third-order valence-corrected chi connectivity index (χ3v) is 4.55. The van der Waals surface area contributed by atoms with E-state index in [2.05, 4.69) is 5.32 Å². The second kappa shape index (κ2) is 8.11. The smallest absolute Gasteiger partial charge is 0.323 e. The van der Waals surface area contributed by atoms with E-state index in [0.29, 0.717) is 32.2 Å². The number of nitrogens with one attached hydrogen (secondary N) is 1. The van der Waals surface area contributed by atoms with Gasteiger partial charge >= 0.3 is 11.9 Å². The van der Waals surface area contributed by atoms with Crippen LogP contribution in [0.1, 0.15) is 31.7 Å². The highest BCUT2D eigenvalue weighted by Crippen LogP contribution is 2.23. The van der Waals surface area contributed by atoms with Crippen LogP contribution in [-0.2, 0) is 20.8 Å². The van der Waals surface area contributed by atoms with Crippen LogP contribution in [0.15, 0.2) is 30.3 Å². The van der Waals surface area contributed by atoms with Gasteiger partial charge in [-0.2, -0.15) is 0 Å². The number of likely N-dealkylation sites (tertiary alicyclic amines) is 1. The van der Waals surface area contributed by atoms with Gasteiger partial charge in [-0.3, -0.25) is 19.7 Å². The molecule has 7 heteroatoms. The molecule has 3 N–H and O–H groups in total. The number of aryl methyl sites for hydroxylation is 1. The molecule has 0 aromatic heterocycles. The maximum absolute atomic E-state index is 12.6. The van der Waals surface area contributed by atoms with E-state index in [0.717, 1.165) is 5.56 Å². The molecule has 1 amide bonds. The van der Waals surface area contributed by atoms with Gasteiger partial charge in [0.1, 0.15) is 12.6 Å². The first kappa shape index (κ1) is 18.9. The number of rotatable bonds is 8. The summed E-state index contributed by atoms with van der Waals surface area (Å²) in [5, 5.41) is 21.4. The molecule has 0 radical (unpaired) electrons. The number of nitrogens with zero attached hydrogens (tertiary/aromatic N) is 1. The van der Waals surface area contributed by atoms with Crippen molar-refractivity contribution in [1.29, 1.82) is 0 Å². The van der Waals surface area contributed by atoms with E-state index < -0.39 is 23.5 Å². The van der Waals surface area contributed by atoms with Gasteiger partial charge in [0.25, 0.3) is 0 Å². The first-order valence-corrected chi connectivity index (χ1v) is 8.37. The van der Waals surface area contributed by atoms with E-state index in [1.807, 2.05) is 30.3 Å². The molecule has 1 aromatic carbocycles. The van der Waals surface area contributed by atoms with Gasteiger partial charge in [-0.25, -0.2) is 0 Å². The van der Waals surface area contributed by atoms with Crippen LogP contribution in [0.4, 0.5) is 0 Å². The summed E-state index contributed by atoms with van der Waals surface area (Å²) >= 11 is 0. The van der Waals surface area contributed by atoms with Gasteiger partial charge in [0.05, 0.1) is 5.54 Å². The number of amides is 1. The van der Waals surface area contributed by atoms with Crippen LogP contribution < -0.4 is 5.32 Å². The summed E-state index contributed by atoms with van der Waals surface area (Å²) in [6.45, 7) is 1.67. The number of hydrogen-bond donors (Lipinski definition) is 3. The quantitative estimate of drug-likeness (QED) is 0.650. The van der Waals surface area contributed by atoms with Crippen LogP contribution in [0.25, 0.3) is 0 Å². The third-order valence-electron chi connectivity index (χ3n) is 4.55. The summed E-state index contributed by atoms with van der Waals surface area (Å²) < 4.78 is 0. The fourth-order valence-electron chi connectivity index (χ4n) is 3.23. The average molecular weight is 348 g/mol. The van der Waals surface area contributed by atoms with E-state index in [1.54, 1.807) is 6.92 Å². The van der Waals surface area contributed by atoms with Crippen molar-refractivity contribution in [3.8, 4) is 0 Å². The molecule has 1 fully saturated rings. The molecule has 2 atom stereocenters. The Morgan fingerprint density at radius 3 is 2.56 bits per heavy atom. The Morgan fingerprint density at radius 2 is 1.96 bits per heavy atom. The number of piperidine rings is 1. The van der Waals surface area contributed by atoms with Crippen molar-refractivity contribution in [2.45, 2.75) is 44.2 Å². The highest BCUT2D eigenvalue weighted by atomic mass is 16.4. The van der Waals surface area contributed by atoms with Crippen molar-refractivity contribution in [2.75, 3.05) is 13.1 Å². The molecule has 7 nitrogen and oxygen atoms in total. The lowest BCUT2D eigenvalue weighted by atomic mass is 9.88. The molecule has 2 rings (SSSR count). The Balaban J connectivity index is 2.05. The molecular formula is C18H24N2O5. The average Bonchev–Trinajstić information content (AvgIpc) is 2.56. The number of carboxylic acid groups (broad SMARTS) is 2. The van der Waals surface area contributed by atoms with Gasteiger partial charge in [-0.15, -0.1) is 0 Å².